The van der Waals surface area contributed by atoms with Crippen molar-refractivity contribution in [1.82, 2.24) is 4.90 Å². The highest BCUT2D eigenvalue weighted by Crippen LogP contribution is 2.34. The zero-order valence-corrected chi connectivity index (χ0v) is 20.5. The van der Waals surface area contributed by atoms with Gasteiger partial charge in [0.05, 0.1) is 16.6 Å². The van der Waals surface area contributed by atoms with Crippen molar-refractivity contribution >= 4 is 46.5 Å². The van der Waals surface area contributed by atoms with Crippen molar-refractivity contribution in [1.29, 1.82) is 0 Å². The SMILES string of the molecule is CCC1CCN(C(=O)Nc2ccc(Cl)c(Cl)c2)CC(=O)N(Cc2ccccc2)c2ccccc21. The Balaban J connectivity index is 1.64. The zero-order valence-electron chi connectivity index (χ0n) is 19.0. The summed E-state index contributed by atoms with van der Waals surface area (Å²) in [4.78, 5) is 30.2. The number of fused-ring (bicyclic) bond motifs is 1. The number of rotatable bonds is 4. The molecule has 3 amide bonds. The van der Waals surface area contributed by atoms with Crippen LogP contribution in [0.25, 0.3) is 0 Å². The quantitative estimate of drug-likeness (QED) is 0.425. The molecule has 7 heteroatoms. The predicted octanol–water partition coefficient (Wildman–Crippen LogP) is 6.96. The molecule has 0 spiro atoms. The van der Waals surface area contributed by atoms with Crippen LogP contribution in [0.4, 0.5) is 16.2 Å². The van der Waals surface area contributed by atoms with E-state index >= 15 is 0 Å². The fourth-order valence-electron chi connectivity index (χ4n) is 4.32. The molecule has 0 saturated heterocycles. The normalized spacial score (nSPS) is 16.3. The number of nitrogens with one attached hydrogen (secondary N) is 1. The fourth-order valence-corrected chi connectivity index (χ4v) is 4.62. The summed E-state index contributed by atoms with van der Waals surface area (Å²) < 4.78 is 0. The van der Waals surface area contributed by atoms with Gasteiger partial charge >= 0.3 is 6.03 Å². The van der Waals surface area contributed by atoms with Crippen LogP contribution in [-0.4, -0.2) is 29.9 Å². The van der Waals surface area contributed by atoms with Crippen LogP contribution in [0.3, 0.4) is 0 Å². The van der Waals surface area contributed by atoms with E-state index in [4.69, 9.17) is 23.2 Å². The van der Waals surface area contributed by atoms with Gasteiger partial charge in [0.2, 0.25) is 5.91 Å². The monoisotopic (exact) mass is 495 g/mol. The Labute approximate surface area is 210 Å². The number of hydrogen-bond donors (Lipinski definition) is 1. The molecule has 1 heterocycles. The minimum atomic E-state index is -0.341. The number of nitrogens with zero attached hydrogens (tertiary/aromatic N) is 2. The lowest BCUT2D eigenvalue weighted by atomic mass is 9.91. The number of anilines is 2. The number of carbonyl (C=O) groups excluding carboxylic acids is 2. The minimum absolute atomic E-state index is 0.0231. The molecular weight excluding hydrogens is 469 g/mol. The van der Waals surface area contributed by atoms with E-state index in [0.29, 0.717) is 28.8 Å². The smallest absolute Gasteiger partial charge is 0.315 e. The summed E-state index contributed by atoms with van der Waals surface area (Å²) in [7, 11) is 0. The maximum Gasteiger partial charge on any atom is 0.322 e. The maximum atomic E-state index is 13.6. The standard InChI is InChI=1S/C27H27Cl2N3O2/c1-2-20-14-15-31(27(34)30-21-12-13-23(28)24(29)16-21)18-26(33)32(17-19-8-4-3-5-9-19)25-11-7-6-10-22(20)25/h3-13,16,20H,2,14-15,17-18H2,1H3,(H,30,34). The summed E-state index contributed by atoms with van der Waals surface area (Å²) in [6.45, 7) is 3.02. The molecule has 0 fully saturated rings. The molecule has 1 aliphatic heterocycles. The van der Waals surface area contributed by atoms with E-state index in [1.54, 1.807) is 28.0 Å². The second-order valence-electron chi connectivity index (χ2n) is 8.40. The summed E-state index contributed by atoms with van der Waals surface area (Å²) in [5, 5.41) is 3.63. The molecular formula is C27H27Cl2N3O2. The molecule has 1 unspecified atom stereocenters. The van der Waals surface area contributed by atoms with Gasteiger partial charge in [-0.25, -0.2) is 4.79 Å². The molecule has 0 aromatic heterocycles. The first kappa shape index (κ1) is 24.1. The Morgan fingerprint density at radius 3 is 2.47 bits per heavy atom. The van der Waals surface area contributed by atoms with Gasteiger partial charge in [-0.2, -0.15) is 0 Å². The van der Waals surface area contributed by atoms with E-state index in [0.717, 1.165) is 29.7 Å². The lowest BCUT2D eigenvalue weighted by Gasteiger charge is -2.28. The van der Waals surface area contributed by atoms with E-state index in [9.17, 15) is 9.59 Å². The Bertz CT molecular complexity index is 1170. The Kier molecular flexibility index (Phi) is 7.76. The van der Waals surface area contributed by atoms with Gasteiger partial charge in [-0.05, 0) is 54.2 Å². The van der Waals surface area contributed by atoms with Gasteiger partial charge in [0.1, 0.15) is 6.54 Å². The summed E-state index contributed by atoms with van der Waals surface area (Å²) >= 11 is 12.1. The summed E-state index contributed by atoms with van der Waals surface area (Å²) in [6.07, 6.45) is 1.67. The van der Waals surface area contributed by atoms with Crippen molar-refractivity contribution < 1.29 is 9.59 Å². The molecule has 1 aliphatic rings. The molecule has 0 bridgehead atoms. The van der Waals surface area contributed by atoms with Crippen LogP contribution in [0.5, 0.6) is 0 Å². The first-order valence-electron chi connectivity index (χ1n) is 11.4. The van der Waals surface area contributed by atoms with Crippen LogP contribution in [0.1, 0.15) is 36.8 Å². The van der Waals surface area contributed by atoms with Crippen molar-refractivity contribution in [3.8, 4) is 0 Å². The van der Waals surface area contributed by atoms with Crippen LogP contribution in [-0.2, 0) is 11.3 Å². The summed E-state index contributed by atoms with van der Waals surface area (Å²) in [5.74, 6) is 0.0954. The summed E-state index contributed by atoms with van der Waals surface area (Å²) in [5.41, 5.74) is 3.61. The van der Waals surface area contributed by atoms with E-state index < -0.39 is 0 Å². The molecule has 3 aromatic carbocycles. The molecule has 0 radical (unpaired) electrons. The van der Waals surface area contributed by atoms with Gasteiger partial charge in [0, 0.05) is 17.9 Å². The highest BCUT2D eigenvalue weighted by atomic mass is 35.5. The molecule has 1 atom stereocenters. The van der Waals surface area contributed by atoms with E-state index in [-0.39, 0.29) is 24.4 Å². The number of amides is 3. The van der Waals surface area contributed by atoms with Crippen LogP contribution >= 0.6 is 23.2 Å². The lowest BCUT2D eigenvalue weighted by molar-refractivity contribution is -0.119. The number of benzene rings is 3. The largest absolute Gasteiger partial charge is 0.322 e. The second kappa shape index (κ2) is 10.9. The van der Waals surface area contributed by atoms with Gasteiger partial charge in [-0.3, -0.25) is 4.79 Å². The Hall–Kier alpha value is -3.02. The molecule has 1 N–H and O–H groups in total. The topological polar surface area (TPSA) is 52.7 Å². The number of carbonyl (C=O) groups is 2. The Morgan fingerprint density at radius 2 is 1.74 bits per heavy atom. The van der Waals surface area contributed by atoms with Crippen molar-refractivity contribution in [2.45, 2.75) is 32.2 Å². The number of halogens is 2. The van der Waals surface area contributed by atoms with Crippen molar-refractivity contribution in [2.24, 2.45) is 0 Å². The fraction of sp³-hybridized carbons (Fsp3) is 0.259. The van der Waals surface area contributed by atoms with Crippen LogP contribution in [0.15, 0.2) is 72.8 Å². The molecule has 3 aromatic rings. The van der Waals surface area contributed by atoms with Crippen LogP contribution in [0, 0.1) is 0 Å². The molecule has 34 heavy (non-hydrogen) atoms. The van der Waals surface area contributed by atoms with Gasteiger partial charge in [-0.15, -0.1) is 0 Å². The van der Waals surface area contributed by atoms with Gasteiger partial charge < -0.3 is 15.1 Å². The zero-order chi connectivity index (χ0) is 24.1. The highest BCUT2D eigenvalue weighted by Gasteiger charge is 2.29. The third-order valence-electron chi connectivity index (χ3n) is 6.18. The first-order chi connectivity index (χ1) is 16.5. The van der Waals surface area contributed by atoms with Crippen molar-refractivity contribution in [3.05, 3.63) is 94.0 Å². The van der Waals surface area contributed by atoms with Crippen LogP contribution < -0.4 is 10.2 Å². The van der Waals surface area contributed by atoms with Gasteiger partial charge in [0.25, 0.3) is 0 Å². The minimum Gasteiger partial charge on any atom is -0.315 e. The first-order valence-corrected chi connectivity index (χ1v) is 12.2. The van der Waals surface area contributed by atoms with Gasteiger partial charge in [-0.1, -0.05) is 78.7 Å². The lowest BCUT2D eigenvalue weighted by Crippen LogP contribution is -2.44. The predicted molar refractivity (Wildman–Crippen MR) is 139 cm³/mol. The summed E-state index contributed by atoms with van der Waals surface area (Å²) in [6, 6.07) is 22.6. The van der Waals surface area contributed by atoms with E-state index in [1.165, 1.54) is 0 Å². The number of hydrogen-bond acceptors (Lipinski definition) is 2. The van der Waals surface area contributed by atoms with E-state index in [1.807, 2.05) is 48.5 Å². The maximum absolute atomic E-state index is 13.6. The van der Waals surface area contributed by atoms with Crippen molar-refractivity contribution in [2.75, 3.05) is 23.3 Å². The third kappa shape index (κ3) is 5.54. The number of para-hydroxylation sites is 1. The molecule has 0 aliphatic carbocycles. The van der Waals surface area contributed by atoms with Gasteiger partial charge in [0.15, 0.2) is 0 Å². The third-order valence-corrected chi connectivity index (χ3v) is 6.92. The Morgan fingerprint density at radius 1 is 1.00 bits per heavy atom. The number of urea groups is 1. The second-order valence-corrected chi connectivity index (χ2v) is 9.21. The highest BCUT2D eigenvalue weighted by molar-refractivity contribution is 6.42. The van der Waals surface area contributed by atoms with Crippen molar-refractivity contribution in [3.63, 3.8) is 0 Å². The molecule has 5 nitrogen and oxygen atoms in total. The molecule has 4 rings (SSSR count). The molecule has 0 saturated carbocycles. The molecule has 176 valence electrons. The average molecular weight is 496 g/mol. The van der Waals surface area contributed by atoms with E-state index in [2.05, 4.69) is 18.3 Å². The average Bonchev–Trinajstić information content (AvgIpc) is 2.90. The van der Waals surface area contributed by atoms with Crippen LogP contribution in [0.2, 0.25) is 10.0 Å².